The summed E-state index contributed by atoms with van der Waals surface area (Å²) in [6.45, 7) is 6.27. The first-order valence-corrected chi connectivity index (χ1v) is 11.0. The lowest BCUT2D eigenvalue weighted by molar-refractivity contribution is -0.126. The summed E-state index contributed by atoms with van der Waals surface area (Å²) in [6, 6.07) is 17.2. The number of benzene rings is 2. The van der Waals surface area contributed by atoms with Crippen molar-refractivity contribution in [2.24, 2.45) is 11.8 Å². The van der Waals surface area contributed by atoms with E-state index in [1.807, 2.05) is 66.6 Å². The Bertz CT molecular complexity index is 914. The average molecular weight is 407 g/mol. The Balaban J connectivity index is 1.73. The van der Waals surface area contributed by atoms with Crippen molar-refractivity contribution in [3.8, 4) is 0 Å². The molecular formula is C25H30N2O3. The zero-order chi connectivity index (χ0) is 21.3. The molecule has 0 N–H and O–H groups in total. The predicted molar refractivity (Wildman–Crippen MR) is 118 cm³/mol. The Hall–Kier alpha value is -2.66. The van der Waals surface area contributed by atoms with Crippen molar-refractivity contribution >= 4 is 23.2 Å². The van der Waals surface area contributed by atoms with Crippen LogP contribution in [0.3, 0.4) is 0 Å². The summed E-state index contributed by atoms with van der Waals surface area (Å²) in [4.78, 5) is 34.6. The number of carbonyl (C=O) groups excluding carboxylic acids is 2. The molecule has 0 spiro atoms. The van der Waals surface area contributed by atoms with E-state index in [1.54, 1.807) is 0 Å². The van der Waals surface area contributed by atoms with E-state index in [4.69, 9.17) is 4.84 Å². The number of hydroxylamine groups is 1. The van der Waals surface area contributed by atoms with Crippen LogP contribution in [0.5, 0.6) is 0 Å². The third-order valence-electron chi connectivity index (χ3n) is 6.46. The van der Waals surface area contributed by atoms with Gasteiger partial charge in [-0.05, 0) is 43.0 Å². The SMILES string of the molecule is CCCC[C@@H](CC)[C@@H]1[C@H]2C(=O)N(c3ccccc3C)C(=O)[C@@H]2ON1c1ccccc1. The highest BCUT2D eigenvalue weighted by molar-refractivity contribution is 6.24. The van der Waals surface area contributed by atoms with Crippen LogP contribution in [0.2, 0.25) is 0 Å². The van der Waals surface area contributed by atoms with Crippen LogP contribution in [-0.2, 0) is 14.4 Å². The molecule has 0 bridgehead atoms. The Labute approximate surface area is 178 Å². The number of rotatable bonds is 7. The van der Waals surface area contributed by atoms with Gasteiger partial charge in [-0.3, -0.25) is 14.4 Å². The standard InChI is InChI=1S/C25H30N2O3/c1-4-6-13-18(5-2)22-21-23(30-27(22)19-14-8-7-9-15-19)25(29)26(24(21)28)20-16-11-10-12-17(20)3/h7-12,14-16,18,21-23H,4-6,13H2,1-3H3/t18-,21-,22-,23-/m1/s1. The summed E-state index contributed by atoms with van der Waals surface area (Å²) in [6.07, 6.45) is 3.38. The molecule has 2 aliphatic rings. The van der Waals surface area contributed by atoms with Crippen molar-refractivity contribution < 1.29 is 14.4 Å². The van der Waals surface area contributed by atoms with Gasteiger partial charge >= 0.3 is 0 Å². The largest absolute Gasteiger partial charge is 0.273 e. The molecule has 158 valence electrons. The molecule has 2 fully saturated rings. The van der Waals surface area contributed by atoms with Crippen LogP contribution in [-0.4, -0.2) is 24.0 Å². The van der Waals surface area contributed by atoms with Crippen molar-refractivity contribution in [1.82, 2.24) is 0 Å². The van der Waals surface area contributed by atoms with E-state index in [0.29, 0.717) is 5.69 Å². The topological polar surface area (TPSA) is 49.9 Å². The summed E-state index contributed by atoms with van der Waals surface area (Å²) in [5.41, 5.74) is 2.47. The molecule has 0 saturated carbocycles. The van der Waals surface area contributed by atoms with Crippen LogP contribution in [0.15, 0.2) is 54.6 Å². The zero-order valence-corrected chi connectivity index (χ0v) is 18.0. The van der Waals surface area contributed by atoms with Gasteiger partial charge in [0.05, 0.1) is 23.3 Å². The van der Waals surface area contributed by atoms with Gasteiger partial charge in [0.1, 0.15) is 0 Å². The second kappa shape index (κ2) is 8.60. The van der Waals surface area contributed by atoms with Crippen LogP contribution in [0.1, 0.15) is 45.1 Å². The minimum Gasteiger partial charge on any atom is -0.273 e. The molecule has 4 rings (SSSR count). The van der Waals surface area contributed by atoms with Crippen LogP contribution in [0.4, 0.5) is 11.4 Å². The number of imide groups is 1. The smallest absolute Gasteiger partial charge is 0.266 e. The molecular weight excluding hydrogens is 376 g/mol. The minimum atomic E-state index is -0.766. The lowest BCUT2D eigenvalue weighted by Crippen LogP contribution is -2.44. The van der Waals surface area contributed by atoms with E-state index in [-0.39, 0.29) is 23.8 Å². The molecule has 30 heavy (non-hydrogen) atoms. The number of hydrogen-bond donors (Lipinski definition) is 0. The van der Waals surface area contributed by atoms with Gasteiger partial charge in [-0.15, -0.1) is 0 Å². The number of amides is 2. The first-order chi connectivity index (χ1) is 14.6. The maximum absolute atomic E-state index is 13.6. The van der Waals surface area contributed by atoms with Gasteiger partial charge in [-0.1, -0.05) is 69.5 Å². The molecule has 2 saturated heterocycles. The molecule has 0 aliphatic carbocycles. The van der Waals surface area contributed by atoms with E-state index < -0.39 is 12.0 Å². The van der Waals surface area contributed by atoms with E-state index in [2.05, 4.69) is 13.8 Å². The van der Waals surface area contributed by atoms with E-state index in [9.17, 15) is 9.59 Å². The summed E-state index contributed by atoms with van der Waals surface area (Å²) in [5, 5.41) is 1.85. The first-order valence-electron chi connectivity index (χ1n) is 11.0. The van der Waals surface area contributed by atoms with Crippen LogP contribution in [0.25, 0.3) is 0 Å². The average Bonchev–Trinajstić information content (AvgIpc) is 3.27. The maximum atomic E-state index is 13.6. The summed E-state index contributed by atoms with van der Waals surface area (Å²) in [7, 11) is 0. The maximum Gasteiger partial charge on any atom is 0.266 e. The highest BCUT2D eigenvalue weighted by Gasteiger charge is 2.61. The summed E-state index contributed by atoms with van der Waals surface area (Å²) >= 11 is 0. The van der Waals surface area contributed by atoms with Crippen LogP contribution >= 0.6 is 0 Å². The van der Waals surface area contributed by atoms with Crippen molar-refractivity contribution in [1.29, 1.82) is 0 Å². The monoisotopic (exact) mass is 406 g/mol. The van der Waals surface area contributed by atoms with Crippen molar-refractivity contribution in [3.05, 3.63) is 60.2 Å². The van der Waals surface area contributed by atoms with Gasteiger partial charge in [-0.2, -0.15) is 0 Å². The fraction of sp³-hybridized carbons (Fsp3) is 0.440. The number of hydrogen-bond acceptors (Lipinski definition) is 4. The molecule has 0 aromatic heterocycles. The van der Waals surface area contributed by atoms with Crippen molar-refractivity contribution in [2.45, 2.75) is 58.6 Å². The normalized spacial score (nSPS) is 24.4. The number of unbranched alkanes of at least 4 members (excludes halogenated alkanes) is 1. The molecule has 2 aromatic carbocycles. The van der Waals surface area contributed by atoms with Crippen molar-refractivity contribution in [3.63, 3.8) is 0 Å². The van der Waals surface area contributed by atoms with Gasteiger partial charge in [0, 0.05) is 0 Å². The number of anilines is 2. The second-order valence-electron chi connectivity index (χ2n) is 8.31. The minimum absolute atomic E-state index is 0.141. The predicted octanol–water partition coefficient (Wildman–Crippen LogP) is 4.89. The fourth-order valence-electron chi connectivity index (χ4n) is 4.87. The van der Waals surface area contributed by atoms with Crippen LogP contribution in [0, 0.1) is 18.8 Å². The molecule has 5 nitrogen and oxygen atoms in total. The number of para-hydroxylation sites is 2. The molecule has 0 unspecified atom stereocenters. The molecule has 0 radical (unpaired) electrons. The zero-order valence-electron chi connectivity index (χ0n) is 18.0. The fourth-order valence-corrected chi connectivity index (χ4v) is 4.87. The highest BCUT2D eigenvalue weighted by atomic mass is 16.7. The Morgan fingerprint density at radius 1 is 0.967 bits per heavy atom. The second-order valence-corrected chi connectivity index (χ2v) is 8.31. The van der Waals surface area contributed by atoms with Gasteiger partial charge < -0.3 is 0 Å². The molecule has 2 amide bonds. The Kier molecular flexibility index (Phi) is 5.91. The number of aryl methyl sites for hydroxylation is 1. The number of carbonyl (C=O) groups is 2. The van der Waals surface area contributed by atoms with E-state index in [0.717, 1.165) is 36.9 Å². The van der Waals surface area contributed by atoms with Crippen molar-refractivity contribution in [2.75, 3.05) is 9.96 Å². The summed E-state index contributed by atoms with van der Waals surface area (Å²) < 4.78 is 0. The molecule has 4 atom stereocenters. The quantitative estimate of drug-likeness (QED) is 0.614. The number of nitrogens with zero attached hydrogens (tertiary/aromatic N) is 2. The lowest BCUT2D eigenvalue weighted by Gasteiger charge is -2.34. The summed E-state index contributed by atoms with van der Waals surface area (Å²) in [5.74, 6) is -0.612. The van der Waals surface area contributed by atoms with Crippen LogP contribution < -0.4 is 9.96 Å². The molecule has 2 heterocycles. The third kappa shape index (κ3) is 3.41. The van der Waals surface area contributed by atoms with Gasteiger partial charge in [0.15, 0.2) is 6.10 Å². The lowest BCUT2D eigenvalue weighted by atomic mass is 9.82. The first kappa shape index (κ1) is 20.6. The number of fused-ring (bicyclic) bond motifs is 1. The van der Waals surface area contributed by atoms with Gasteiger partial charge in [0.25, 0.3) is 5.91 Å². The van der Waals surface area contributed by atoms with E-state index >= 15 is 0 Å². The molecule has 2 aliphatic heterocycles. The Morgan fingerprint density at radius 2 is 1.67 bits per heavy atom. The molecule has 5 heteroatoms. The third-order valence-corrected chi connectivity index (χ3v) is 6.46. The Morgan fingerprint density at radius 3 is 2.33 bits per heavy atom. The van der Waals surface area contributed by atoms with Gasteiger partial charge in [-0.25, -0.2) is 9.96 Å². The molecule has 2 aromatic rings. The van der Waals surface area contributed by atoms with E-state index in [1.165, 1.54) is 4.90 Å². The van der Waals surface area contributed by atoms with Gasteiger partial charge in [0.2, 0.25) is 5.91 Å². The highest BCUT2D eigenvalue weighted by Crippen LogP contribution is 2.44.